The third kappa shape index (κ3) is 7.47. The minimum absolute atomic E-state index is 0. The van der Waals surface area contributed by atoms with Crippen molar-refractivity contribution in [2.75, 3.05) is 0 Å². The summed E-state index contributed by atoms with van der Waals surface area (Å²) < 4.78 is 0. The van der Waals surface area contributed by atoms with E-state index in [1.807, 2.05) is 91.4 Å². The van der Waals surface area contributed by atoms with Gasteiger partial charge in [0.25, 0.3) is 0 Å². The first kappa shape index (κ1) is 35.3. The van der Waals surface area contributed by atoms with Crippen molar-refractivity contribution >= 4 is 21.7 Å². The fraction of sp³-hybridized carbons (Fsp3) is 0.0408. The molecule has 1 radical (unpaired) electrons. The van der Waals surface area contributed by atoms with Gasteiger partial charge in [0.15, 0.2) is 0 Å². The van der Waals surface area contributed by atoms with Crippen molar-refractivity contribution in [1.29, 1.82) is 0 Å². The van der Waals surface area contributed by atoms with E-state index in [-0.39, 0.29) is 20.1 Å². The van der Waals surface area contributed by atoms with Gasteiger partial charge < -0.3 is 9.97 Å². The maximum atomic E-state index is 4.66. The van der Waals surface area contributed by atoms with Crippen molar-refractivity contribution in [3.63, 3.8) is 0 Å². The molecule has 0 saturated heterocycles. The molecule has 0 atom stereocenters. The van der Waals surface area contributed by atoms with Crippen LogP contribution in [0.3, 0.4) is 0 Å². The standard InChI is InChI=1S/C32H23N2.C17H12N.Ir/c1-21-12-14-23(30-20-32-27(10-7-17-34-32)25-8-3-4-9-26(25)30)18-28(21)29-19-24(15-13-22(29)2)31-11-5-6-16-33-31;1-2-8-14(9-3-1)15-10-4-5-11-16(15)17-12-6-7-13-18-17;/h3-14,16-20H,1-2H3;1-10,12-13H;/q2*-1;. The molecular weight excluding hydrogens is 823 g/mol. The number of fused-ring (bicyclic) bond motifs is 3. The number of benzene rings is 6. The molecule has 3 nitrogen and oxygen atoms in total. The zero-order valence-corrected chi connectivity index (χ0v) is 31.8. The van der Waals surface area contributed by atoms with Crippen LogP contribution in [0.5, 0.6) is 0 Å². The molecule has 0 fully saturated rings. The molecule has 0 saturated carbocycles. The number of nitrogens with zero attached hydrogens (tertiary/aromatic N) is 3. The number of aromatic nitrogens is 3. The molecule has 257 valence electrons. The predicted octanol–water partition coefficient (Wildman–Crippen LogP) is 12.4. The summed E-state index contributed by atoms with van der Waals surface area (Å²) in [7, 11) is 0. The van der Waals surface area contributed by atoms with E-state index in [4.69, 9.17) is 0 Å². The van der Waals surface area contributed by atoms with Crippen LogP contribution in [-0.2, 0) is 20.1 Å². The number of rotatable bonds is 5. The smallest absolute Gasteiger partial charge is 0.0714 e. The van der Waals surface area contributed by atoms with Crippen molar-refractivity contribution in [3.05, 3.63) is 200 Å². The minimum atomic E-state index is 0. The Morgan fingerprint density at radius 1 is 0.434 bits per heavy atom. The van der Waals surface area contributed by atoms with E-state index in [1.165, 1.54) is 55.1 Å². The largest absolute Gasteiger partial charge is 0.305 e. The summed E-state index contributed by atoms with van der Waals surface area (Å²) in [5.74, 6) is 0. The molecule has 9 aromatic rings. The first-order valence-corrected chi connectivity index (χ1v) is 17.4. The summed E-state index contributed by atoms with van der Waals surface area (Å²) in [6, 6.07) is 61.0. The Morgan fingerprint density at radius 2 is 1.11 bits per heavy atom. The molecule has 3 aromatic heterocycles. The summed E-state index contributed by atoms with van der Waals surface area (Å²) >= 11 is 0. The molecule has 3 heterocycles. The molecule has 0 aliphatic carbocycles. The minimum Gasteiger partial charge on any atom is -0.305 e. The summed E-state index contributed by atoms with van der Waals surface area (Å²) in [6.07, 6.45) is 5.50. The maximum absolute atomic E-state index is 4.66. The molecule has 0 aliphatic heterocycles. The second-order valence-corrected chi connectivity index (χ2v) is 12.8. The third-order valence-corrected chi connectivity index (χ3v) is 9.43. The van der Waals surface area contributed by atoms with E-state index in [0.29, 0.717) is 0 Å². The number of pyridine rings is 3. The van der Waals surface area contributed by atoms with Crippen LogP contribution in [0.2, 0.25) is 0 Å². The topological polar surface area (TPSA) is 38.7 Å². The quantitative estimate of drug-likeness (QED) is 0.128. The molecular formula is C49H35IrN3-2. The molecule has 0 aliphatic rings. The second kappa shape index (κ2) is 16.1. The Hall–Kier alpha value is -6.06. The fourth-order valence-electron chi connectivity index (χ4n) is 6.79. The fourth-order valence-corrected chi connectivity index (χ4v) is 6.79. The van der Waals surface area contributed by atoms with Crippen LogP contribution in [0, 0.1) is 26.0 Å². The molecule has 0 bridgehead atoms. The van der Waals surface area contributed by atoms with Crippen molar-refractivity contribution < 1.29 is 20.1 Å². The van der Waals surface area contributed by atoms with Crippen LogP contribution >= 0.6 is 0 Å². The normalized spacial score (nSPS) is 10.7. The monoisotopic (exact) mass is 858 g/mol. The molecule has 0 N–H and O–H groups in total. The van der Waals surface area contributed by atoms with Gasteiger partial charge in [-0.2, -0.15) is 0 Å². The van der Waals surface area contributed by atoms with Crippen LogP contribution in [0.1, 0.15) is 11.1 Å². The van der Waals surface area contributed by atoms with Crippen molar-refractivity contribution in [3.8, 4) is 55.9 Å². The van der Waals surface area contributed by atoms with Gasteiger partial charge in [-0.05, 0) is 81.7 Å². The number of aryl methyl sites for hydroxylation is 2. The van der Waals surface area contributed by atoms with Crippen LogP contribution in [-0.4, -0.2) is 15.0 Å². The van der Waals surface area contributed by atoms with E-state index in [0.717, 1.165) is 33.6 Å². The van der Waals surface area contributed by atoms with Crippen LogP contribution in [0.4, 0.5) is 0 Å². The van der Waals surface area contributed by atoms with E-state index in [9.17, 15) is 0 Å². The Kier molecular flexibility index (Phi) is 10.7. The Balaban J connectivity index is 0.000000194. The molecule has 0 amide bonds. The summed E-state index contributed by atoms with van der Waals surface area (Å²) in [6.45, 7) is 4.32. The molecule has 0 spiro atoms. The van der Waals surface area contributed by atoms with Gasteiger partial charge in [0.2, 0.25) is 0 Å². The van der Waals surface area contributed by atoms with Gasteiger partial charge in [-0.1, -0.05) is 121 Å². The van der Waals surface area contributed by atoms with E-state index < -0.39 is 0 Å². The van der Waals surface area contributed by atoms with Crippen LogP contribution in [0.25, 0.3) is 77.6 Å². The van der Waals surface area contributed by atoms with Crippen LogP contribution in [0.15, 0.2) is 176 Å². The van der Waals surface area contributed by atoms with Gasteiger partial charge in [-0.3, -0.25) is 4.98 Å². The molecule has 9 rings (SSSR count). The van der Waals surface area contributed by atoms with Crippen molar-refractivity contribution in [2.24, 2.45) is 0 Å². The van der Waals surface area contributed by atoms with E-state index in [1.54, 1.807) is 0 Å². The van der Waals surface area contributed by atoms with E-state index >= 15 is 0 Å². The Labute approximate surface area is 324 Å². The van der Waals surface area contributed by atoms with Crippen molar-refractivity contribution in [2.45, 2.75) is 13.8 Å². The van der Waals surface area contributed by atoms with Gasteiger partial charge in [0.1, 0.15) is 0 Å². The number of hydrogen-bond donors (Lipinski definition) is 0. The average Bonchev–Trinajstić information content (AvgIpc) is 3.22. The van der Waals surface area contributed by atoms with Gasteiger partial charge >= 0.3 is 0 Å². The van der Waals surface area contributed by atoms with Gasteiger partial charge in [-0.15, -0.1) is 59.2 Å². The zero-order valence-electron chi connectivity index (χ0n) is 29.4. The second-order valence-electron chi connectivity index (χ2n) is 12.8. The molecule has 4 heteroatoms. The van der Waals surface area contributed by atoms with Gasteiger partial charge in [0, 0.05) is 44.1 Å². The summed E-state index contributed by atoms with van der Waals surface area (Å²) in [5, 5.41) is 3.65. The first-order chi connectivity index (χ1) is 25.6. The molecule has 53 heavy (non-hydrogen) atoms. The zero-order chi connectivity index (χ0) is 35.3. The van der Waals surface area contributed by atoms with Gasteiger partial charge in [0.05, 0.1) is 5.52 Å². The predicted molar refractivity (Wildman–Crippen MR) is 216 cm³/mol. The Morgan fingerprint density at radius 3 is 1.89 bits per heavy atom. The van der Waals surface area contributed by atoms with Gasteiger partial charge in [-0.25, -0.2) is 0 Å². The summed E-state index contributed by atoms with van der Waals surface area (Å²) in [4.78, 5) is 13.6. The molecule has 0 unspecified atom stereocenters. The van der Waals surface area contributed by atoms with E-state index in [2.05, 4.69) is 126 Å². The van der Waals surface area contributed by atoms with Crippen LogP contribution < -0.4 is 0 Å². The first-order valence-electron chi connectivity index (χ1n) is 17.4. The Bertz CT molecular complexity index is 2580. The SMILES string of the molecule is Cc1c[c-]c(-c2ccccn2)cc1-c1cc(-c2cc3ncccc3c3ccccc23)ccc1C.[Ir].[c-]1cccc(-c2ccccc2)c1-c1ccccn1. The summed E-state index contributed by atoms with van der Waals surface area (Å²) in [5.41, 5.74) is 14.6. The number of hydrogen-bond acceptors (Lipinski definition) is 3. The van der Waals surface area contributed by atoms with Crippen molar-refractivity contribution in [1.82, 2.24) is 15.0 Å². The molecule has 6 aromatic carbocycles. The maximum Gasteiger partial charge on any atom is 0.0714 e. The average molecular weight is 858 g/mol. The third-order valence-electron chi connectivity index (χ3n) is 9.43.